The summed E-state index contributed by atoms with van der Waals surface area (Å²) in [6.07, 6.45) is -1.34. The molecule has 1 heterocycles. The van der Waals surface area contributed by atoms with Crippen LogP contribution < -0.4 is 5.32 Å². The number of para-hydroxylation sites is 1. The molecule has 0 spiro atoms. The van der Waals surface area contributed by atoms with Crippen LogP contribution in [0.3, 0.4) is 0 Å². The molecule has 6 nitrogen and oxygen atoms in total. The van der Waals surface area contributed by atoms with Crippen LogP contribution in [0.1, 0.15) is 31.2 Å². The molecule has 1 aliphatic carbocycles. The molecule has 1 saturated carbocycles. The van der Waals surface area contributed by atoms with Gasteiger partial charge in [0.2, 0.25) is 17.7 Å². The van der Waals surface area contributed by atoms with E-state index in [0.717, 1.165) is 23.8 Å². The van der Waals surface area contributed by atoms with Crippen molar-refractivity contribution in [2.75, 3.05) is 25.6 Å². The summed E-state index contributed by atoms with van der Waals surface area (Å²) in [5, 5.41) is 2.26. The zero-order chi connectivity index (χ0) is 20.5. The maximum Gasteiger partial charge on any atom is 0.418 e. The summed E-state index contributed by atoms with van der Waals surface area (Å²) >= 11 is 0. The second-order valence-electron chi connectivity index (χ2n) is 7.35. The van der Waals surface area contributed by atoms with Gasteiger partial charge in [-0.3, -0.25) is 24.2 Å². The van der Waals surface area contributed by atoms with Crippen molar-refractivity contribution in [3.05, 3.63) is 29.8 Å². The third kappa shape index (κ3) is 4.19. The van der Waals surface area contributed by atoms with Gasteiger partial charge in [0, 0.05) is 0 Å². The molecule has 1 saturated heterocycles. The van der Waals surface area contributed by atoms with Crippen LogP contribution in [0.4, 0.5) is 18.9 Å². The van der Waals surface area contributed by atoms with Crippen molar-refractivity contribution in [3.63, 3.8) is 0 Å². The van der Waals surface area contributed by atoms with E-state index in [4.69, 9.17) is 0 Å². The third-order valence-electron chi connectivity index (χ3n) is 5.24. The minimum absolute atomic E-state index is 0.0565. The molecule has 2 atom stereocenters. The zero-order valence-electron chi connectivity index (χ0n) is 15.5. The first-order chi connectivity index (χ1) is 13.2. The molecule has 1 aliphatic heterocycles. The van der Waals surface area contributed by atoms with Crippen molar-refractivity contribution in [1.82, 2.24) is 9.80 Å². The second kappa shape index (κ2) is 7.90. The van der Waals surface area contributed by atoms with E-state index in [1.807, 2.05) is 0 Å². The highest BCUT2D eigenvalue weighted by Crippen LogP contribution is 2.38. The molecule has 28 heavy (non-hydrogen) atoms. The minimum atomic E-state index is -4.58. The number of benzene rings is 1. The van der Waals surface area contributed by atoms with E-state index >= 15 is 0 Å². The lowest BCUT2D eigenvalue weighted by molar-refractivity contribution is -0.143. The van der Waals surface area contributed by atoms with Gasteiger partial charge >= 0.3 is 6.18 Å². The van der Waals surface area contributed by atoms with E-state index < -0.39 is 17.6 Å². The summed E-state index contributed by atoms with van der Waals surface area (Å²) in [5.74, 6) is -1.64. The molecule has 0 unspecified atom stereocenters. The van der Waals surface area contributed by atoms with Gasteiger partial charge in [-0.1, -0.05) is 25.0 Å². The third-order valence-corrected chi connectivity index (χ3v) is 5.24. The molecular weight excluding hydrogens is 375 g/mol. The topological polar surface area (TPSA) is 69.7 Å². The summed E-state index contributed by atoms with van der Waals surface area (Å²) in [6, 6.07) is 4.72. The van der Waals surface area contributed by atoms with Crippen LogP contribution in [0.5, 0.6) is 0 Å². The van der Waals surface area contributed by atoms with Crippen LogP contribution >= 0.6 is 0 Å². The van der Waals surface area contributed by atoms with Gasteiger partial charge in [-0.2, -0.15) is 13.2 Å². The Labute approximate surface area is 160 Å². The molecule has 3 rings (SSSR count). The lowest BCUT2D eigenvalue weighted by Gasteiger charge is -2.23. The largest absolute Gasteiger partial charge is 0.418 e. The van der Waals surface area contributed by atoms with E-state index in [2.05, 4.69) is 5.32 Å². The number of alkyl halides is 3. The molecule has 152 valence electrons. The predicted molar refractivity (Wildman–Crippen MR) is 94.9 cm³/mol. The number of amides is 3. The van der Waals surface area contributed by atoms with Crippen molar-refractivity contribution in [3.8, 4) is 0 Å². The molecular formula is C19H22F3N3O3. The summed E-state index contributed by atoms with van der Waals surface area (Å²) in [5.41, 5.74) is -1.26. The predicted octanol–water partition coefficient (Wildman–Crippen LogP) is 2.71. The number of hydrogen-bond donors (Lipinski definition) is 1. The normalized spacial score (nSPS) is 22.5. The molecule has 1 aromatic carbocycles. The average Bonchev–Trinajstić information content (AvgIpc) is 2.86. The molecule has 3 amide bonds. The Kier molecular flexibility index (Phi) is 5.74. The van der Waals surface area contributed by atoms with Gasteiger partial charge in [-0.25, -0.2) is 0 Å². The van der Waals surface area contributed by atoms with Crippen molar-refractivity contribution < 1.29 is 27.6 Å². The maximum absolute atomic E-state index is 13.0. The number of nitrogens with zero attached hydrogens (tertiary/aromatic N) is 2. The smallest absolute Gasteiger partial charge is 0.324 e. The first kappa shape index (κ1) is 20.3. The number of imide groups is 1. The van der Waals surface area contributed by atoms with Gasteiger partial charge in [0.25, 0.3) is 0 Å². The number of likely N-dealkylation sites (tertiary alicyclic amines) is 1. The van der Waals surface area contributed by atoms with Crippen LogP contribution in [-0.4, -0.2) is 47.8 Å². The Hall–Kier alpha value is -2.42. The van der Waals surface area contributed by atoms with E-state index in [0.29, 0.717) is 12.8 Å². The number of carbonyl (C=O) groups excluding carboxylic acids is 3. The number of nitrogens with one attached hydrogen (secondary N) is 1. The van der Waals surface area contributed by atoms with E-state index in [1.54, 1.807) is 0 Å². The summed E-state index contributed by atoms with van der Waals surface area (Å²) < 4.78 is 39.1. The first-order valence-corrected chi connectivity index (χ1v) is 9.18. The highest BCUT2D eigenvalue weighted by Gasteiger charge is 2.48. The van der Waals surface area contributed by atoms with Gasteiger partial charge < -0.3 is 5.32 Å². The molecule has 1 aromatic rings. The Morgan fingerprint density at radius 3 is 2.29 bits per heavy atom. The number of likely N-dealkylation sites (N-methyl/N-ethyl adjacent to an activating group) is 1. The van der Waals surface area contributed by atoms with Gasteiger partial charge in [-0.05, 0) is 32.0 Å². The molecule has 2 fully saturated rings. The highest BCUT2D eigenvalue weighted by molar-refractivity contribution is 6.05. The molecule has 9 heteroatoms. The summed E-state index contributed by atoms with van der Waals surface area (Å²) in [6.45, 7) is -0.308. The molecule has 0 radical (unpaired) electrons. The summed E-state index contributed by atoms with van der Waals surface area (Å²) in [4.78, 5) is 39.7. The van der Waals surface area contributed by atoms with Crippen LogP contribution in [0.2, 0.25) is 0 Å². The number of carbonyl (C=O) groups is 3. The maximum atomic E-state index is 13.0. The second-order valence-corrected chi connectivity index (χ2v) is 7.35. The van der Waals surface area contributed by atoms with Crippen molar-refractivity contribution in [2.45, 2.75) is 31.9 Å². The average molecular weight is 397 g/mol. The number of anilines is 1. The van der Waals surface area contributed by atoms with Crippen molar-refractivity contribution in [2.24, 2.45) is 11.8 Å². The van der Waals surface area contributed by atoms with Crippen molar-refractivity contribution >= 4 is 23.4 Å². The number of rotatable bonds is 5. The number of halogens is 3. The van der Waals surface area contributed by atoms with Crippen LogP contribution in [0.15, 0.2) is 24.3 Å². The number of hydrogen-bond acceptors (Lipinski definition) is 4. The fourth-order valence-corrected chi connectivity index (χ4v) is 3.94. The minimum Gasteiger partial charge on any atom is -0.324 e. The van der Waals surface area contributed by atoms with Crippen LogP contribution in [-0.2, 0) is 20.6 Å². The fraction of sp³-hybridized carbons (Fsp3) is 0.526. The van der Waals surface area contributed by atoms with Gasteiger partial charge in [-0.15, -0.1) is 0 Å². The monoisotopic (exact) mass is 397 g/mol. The van der Waals surface area contributed by atoms with Gasteiger partial charge in [0.15, 0.2) is 0 Å². The number of fused-ring (bicyclic) bond motifs is 1. The molecule has 0 aromatic heterocycles. The lowest BCUT2D eigenvalue weighted by Crippen LogP contribution is -2.43. The first-order valence-electron chi connectivity index (χ1n) is 9.18. The zero-order valence-corrected chi connectivity index (χ0v) is 15.5. The molecule has 1 N–H and O–H groups in total. The van der Waals surface area contributed by atoms with E-state index in [-0.39, 0.29) is 42.6 Å². The Morgan fingerprint density at radius 2 is 1.71 bits per heavy atom. The van der Waals surface area contributed by atoms with Crippen LogP contribution in [0, 0.1) is 11.8 Å². The fourth-order valence-electron chi connectivity index (χ4n) is 3.94. The Bertz CT molecular complexity index is 757. The lowest BCUT2D eigenvalue weighted by atomic mass is 9.81. The van der Waals surface area contributed by atoms with E-state index in [1.165, 1.54) is 30.1 Å². The summed E-state index contributed by atoms with van der Waals surface area (Å²) in [7, 11) is 1.54. The van der Waals surface area contributed by atoms with Crippen LogP contribution in [0.25, 0.3) is 0 Å². The van der Waals surface area contributed by atoms with Gasteiger partial charge in [0.05, 0.1) is 36.3 Å². The van der Waals surface area contributed by atoms with Gasteiger partial charge in [0.1, 0.15) is 0 Å². The molecule has 2 aliphatic rings. The Morgan fingerprint density at radius 1 is 1.14 bits per heavy atom. The van der Waals surface area contributed by atoms with Crippen molar-refractivity contribution in [1.29, 1.82) is 0 Å². The molecule has 0 bridgehead atoms. The standard InChI is InChI=1S/C19H22F3N3O3/c1-24(11-25-17(27)12-6-2-3-7-13(12)18(25)28)10-16(26)23-15-9-5-4-8-14(15)19(20,21)22/h4-5,8-9,12-13H,2-3,6-7,10-11H2,1H3,(H,23,26)/t12-,13-/m0/s1. The van der Waals surface area contributed by atoms with E-state index in [9.17, 15) is 27.6 Å². The highest BCUT2D eigenvalue weighted by atomic mass is 19.4. The quantitative estimate of drug-likeness (QED) is 0.776. The Balaban J connectivity index is 1.60. The SMILES string of the molecule is CN(CC(=O)Nc1ccccc1C(F)(F)F)CN1C(=O)[C@H]2CCCC[C@@H]2C1=O.